The van der Waals surface area contributed by atoms with Crippen LogP contribution in [0.2, 0.25) is 0 Å². The monoisotopic (exact) mass is 214 g/mol. The van der Waals surface area contributed by atoms with Crippen LogP contribution in [0.3, 0.4) is 0 Å². The van der Waals surface area contributed by atoms with E-state index < -0.39 is 0 Å². The number of nitrogen functional groups attached to an aromatic ring is 1. The Bertz CT molecular complexity index is 650. The number of nitrogens with one attached hydrogen (secondary N) is 1. The van der Waals surface area contributed by atoms with Crippen molar-refractivity contribution in [2.24, 2.45) is 7.05 Å². The zero-order valence-electron chi connectivity index (χ0n) is 8.68. The summed E-state index contributed by atoms with van der Waals surface area (Å²) < 4.78 is 1.79. The van der Waals surface area contributed by atoms with Gasteiger partial charge in [-0.3, -0.25) is 14.8 Å². The summed E-state index contributed by atoms with van der Waals surface area (Å²) in [7, 11) is 1.88. The van der Waals surface area contributed by atoms with Crippen LogP contribution in [0, 0.1) is 0 Å². The highest BCUT2D eigenvalue weighted by Gasteiger charge is 2.11. The van der Waals surface area contributed by atoms with Gasteiger partial charge in [0, 0.05) is 31.2 Å². The summed E-state index contributed by atoms with van der Waals surface area (Å²) >= 11 is 0. The molecule has 16 heavy (non-hydrogen) atoms. The van der Waals surface area contributed by atoms with Crippen LogP contribution in [0.4, 0.5) is 5.82 Å². The first-order valence-electron chi connectivity index (χ1n) is 4.83. The van der Waals surface area contributed by atoms with Gasteiger partial charge in [0.25, 0.3) is 0 Å². The maximum Gasteiger partial charge on any atom is 0.154 e. The summed E-state index contributed by atoms with van der Waals surface area (Å²) in [5.74, 6) is 0.464. The molecule has 6 nitrogen and oxygen atoms in total. The Kier molecular flexibility index (Phi) is 1.70. The largest absolute Gasteiger partial charge is 0.382 e. The number of aromatic amines is 1. The van der Waals surface area contributed by atoms with Crippen molar-refractivity contribution in [2.75, 3.05) is 5.73 Å². The fourth-order valence-corrected chi connectivity index (χ4v) is 1.78. The van der Waals surface area contributed by atoms with E-state index in [0.717, 1.165) is 22.2 Å². The number of anilines is 1. The molecule has 6 heteroatoms. The third-order valence-corrected chi connectivity index (χ3v) is 2.61. The molecule has 0 amide bonds. The molecule has 0 aliphatic carbocycles. The lowest BCUT2D eigenvalue weighted by molar-refractivity contribution is 0.776. The molecular weight excluding hydrogens is 204 g/mol. The molecule has 0 aromatic carbocycles. The van der Waals surface area contributed by atoms with E-state index in [0.29, 0.717) is 5.82 Å². The van der Waals surface area contributed by atoms with Crippen molar-refractivity contribution in [1.82, 2.24) is 25.0 Å². The minimum absolute atomic E-state index is 0.464. The van der Waals surface area contributed by atoms with Crippen molar-refractivity contribution < 1.29 is 0 Å². The van der Waals surface area contributed by atoms with Crippen molar-refractivity contribution in [2.45, 2.75) is 0 Å². The number of nitrogens with two attached hydrogens (primary N) is 1. The molecule has 0 saturated heterocycles. The Balaban J connectivity index is 2.36. The van der Waals surface area contributed by atoms with Crippen LogP contribution in [0.15, 0.2) is 24.7 Å². The van der Waals surface area contributed by atoms with Crippen molar-refractivity contribution in [3.63, 3.8) is 0 Å². The van der Waals surface area contributed by atoms with Crippen molar-refractivity contribution in [3.05, 3.63) is 24.7 Å². The summed E-state index contributed by atoms with van der Waals surface area (Å²) in [5, 5.41) is 11.9. The number of aromatic nitrogens is 5. The number of fused-ring (bicyclic) bond motifs is 1. The molecule has 3 N–H and O–H groups in total. The van der Waals surface area contributed by atoms with E-state index in [1.165, 1.54) is 0 Å². The number of H-pyrrole nitrogens is 1. The summed E-state index contributed by atoms with van der Waals surface area (Å²) in [5.41, 5.74) is 8.54. The lowest BCUT2D eigenvalue weighted by atomic mass is 10.1. The van der Waals surface area contributed by atoms with Crippen molar-refractivity contribution in [1.29, 1.82) is 0 Å². The van der Waals surface area contributed by atoms with Gasteiger partial charge in [0.05, 0.1) is 16.6 Å². The number of rotatable bonds is 1. The minimum atomic E-state index is 0.464. The quantitative estimate of drug-likeness (QED) is 0.631. The van der Waals surface area contributed by atoms with Gasteiger partial charge >= 0.3 is 0 Å². The van der Waals surface area contributed by atoms with Gasteiger partial charge in [0.15, 0.2) is 5.82 Å². The molecule has 3 aromatic rings. The first-order chi connectivity index (χ1) is 7.77. The zero-order valence-corrected chi connectivity index (χ0v) is 8.68. The van der Waals surface area contributed by atoms with Crippen LogP contribution in [0.25, 0.3) is 22.2 Å². The number of nitrogens with zero attached hydrogens (tertiary/aromatic N) is 4. The highest BCUT2D eigenvalue weighted by Crippen LogP contribution is 2.27. The van der Waals surface area contributed by atoms with E-state index >= 15 is 0 Å². The summed E-state index contributed by atoms with van der Waals surface area (Å²) in [6, 6.07) is 1.92. The SMILES string of the molecule is Cn1nccc1-c1cncc2c(N)n[nH]c12. The van der Waals surface area contributed by atoms with E-state index in [2.05, 4.69) is 20.3 Å². The Labute approximate surface area is 91.1 Å². The average Bonchev–Trinajstić information content (AvgIpc) is 2.86. The van der Waals surface area contributed by atoms with Crippen LogP contribution in [-0.2, 0) is 7.05 Å². The van der Waals surface area contributed by atoms with Crippen LogP contribution in [-0.4, -0.2) is 25.0 Å². The molecule has 0 unspecified atom stereocenters. The summed E-state index contributed by atoms with van der Waals surface area (Å²) in [6.45, 7) is 0. The molecule has 0 spiro atoms. The molecule has 3 aromatic heterocycles. The fraction of sp³-hybridized carbons (Fsp3) is 0.100. The third kappa shape index (κ3) is 1.10. The molecule has 0 aliphatic rings. The van der Waals surface area contributed by atoms with Gasteiger partial charge in [-0.05, 0) is 6.07 Å². The van der Waals surface area contributed by atoms with E-state index in [1.807, 2.05) is 13.1 Å². The Morgan fingerprint density at radius 3 is 3.00 bits per heavy atom. The molecule has 0 bridgehead atoms. The van der Waals surface area contributed by atoms with Crippen LogP contribution in [0.1, 0.15) is 0 Å². The number of hydrogen-bond donors (Lipinski definition) is 2. The van der Waals surface area contributed by atoms with Gasteiger partial charge in [-0.2, -0.15) is 10.2 Å². The Morgan fingerprint density at radius 1 is 1.38 bits per heavy atom. The predicted molar refractivity (Wildman–Crippen MR) is 60.5 cm³/mol. The van der Waals surface area contributed by atoms with E-state index in [-0.39, 0.29) is 0 Å². The van der Waals surface area contributed by atoms with Gasteiger partial charge in [0.1, 0.15) is 0 Å². The van der Waals surface area contributed by atoms with Crippen molar-refractivity contribution >= 4 is 16.7 Å². The van der Waals surface area contributed by atoms with Gasteiger partial charge in [-0.15, -0.1) is 0 Å². The number of hydrogen-bond acceptors (Lipinski definition) is 4. The van der Waals surface area contributed by atoms with Gasteiger partial charge in [-0.25, -0.2) is 0 Å². The topological polar surface area (TPSA) is 85.4 Å². The second-order valence-electron chi connectivity index (χ2n) is 3.56. The van der Waals surface area contributed by atoms with Crippen molar-refractivity contribution in [3.8, 4) is 11.3 Å². The molecule has 0 saturated carbocycles. The Morgan fingerprint density at radius 2 is 2.25 bits per heavy atom. The Hall–Kier alpha value is -2.37. The maximum atomic E-state index is 5.73. The van der Waals surface area contributed by atoms with Crippen LogP contribution >= 0.6 is 0 Å². The van der Waals surface area contributed by atoms with E-state index in [1.54, 1.807) is 23.3 Å². The van der Waals surface area contributed by atoms with Gasteiger partial charge in [0.2, 0.25) is 0 Å². The first-order valence-corrected chi connectivity index (χ1v) is 4.83. The average molecular weight is 214 g/mol. The molecule has 0 fully saturated rings. The zero-order chi connectivity index (χ0) is 11.1. The third-order valence-electron chi connectivity index (χ3n) is 2.61. The van der Waals surface area contributed by atoms with Crippen LogP contribution in [0.5, 0.6) is 0 Å². The minimum Gasteiger partial charge on any atom is -0.382 e. The molecule has 0 atom stereocenters. The van der Waals surface area contributed by atoms with Crippen LogP contribution < -0.4 is 5.73 Å². The normalized spacial score (nSPS) is 11.1. The summed E-state index contributed by atoms with van der Waals surface area (Å²) in [6.07, 6.45) is 5.22. The number of aryl methyl sites for hydroxylation is 1. The van der Waals surface area contributed by atoms with Gasteiger partial charge in [-0.1, -0.05) is 0 Å². The lowest BCUT2D eigenvalue weighted by Gasteiger charge is -2.02. The first kappa shape index (κ1) is 8.90. The molecular formula is C10H10N6. The molecule has 3 rings (SSSR count). The maximum absolute atomic E-state index is 5.73. The fourth-order valence-electron chi connectivity index (χ4n) is 1.78. The molecule has 0 radical (unpaired) electrons. The molecule has 80 valence electrons. The standard InChI is InChI=1S/C10H10N6/c1-16-8(2-3-13-16)6-4-12-5-7-9(6)14-15-10(7)11/h2-5H,1H3,(H3,11,14,15). The van der Waals surface area contributed by atoms with E-state index in [9.17, 15) is 0 Å². The molecule has 3 heterocycles. The second kappa shape index (κ2) is 3.06. The lowest BCUT2D eigenvalue weighted by Crippen LogP contribution is -1.94. The highest BCUT2D eigenvalue weighted by atomic mass is 15.3. The molecule has 0 aliphatic heterocycles. The highest BCUT2D eigenvalue weighted by molar-refractivity contribution is 5.97. The summed E-state index contributed by atoms with van der Waals surface area (Å²) in [4.78, 5) is 4.16. The van der Waals surface area contributed by atoms with E-state index in [4.69, 9.17) is 5.73 Å². The predicted octanol–water partition coefficient (Wildman–Crippen LogP) is 0.941. The smallest absolute Gasteiger partial charge is 0.154 e. The second-order valence-corrected chi connectivity index (χ2v) is 3.56. The van der Waals surface area contributed by atoms with Gasteiger partial charge < -0.3 is 5.73 Å². The number of pyridine rings is 1.